The van der Waals surface area contributed by atoms with Crippen molar-refractivity contribution in [1.29, 1.82) is 0 Å². The molecule has 0 bridgehead atoms. The fourth-order valence-electron chi connectivity index (χ4n) is 3.05. The number of thiophene rings is 2. The highest BCUT2D eigenvalue weighted by Gasteiger charge is 2.18. The molecule has 8 heteroatoms. The van der Waals surface area contributed by atoms with E-state index in [0.29, 0.717) is 27.6 Å². The lowest BCUT2D eigenvalue weighted by Crippen LogP contribution is -2.13. The molecule has 1 aromatic carbocycles. The molecule has 0 amide bonds. The monoisotopic (exact) mass is 430 g/mol. The molecular formula is C18H6B3BrO2S2. The molecule has 0 spiro atoms. The summed E-state index contributed by atoms with van der Waals surface area (Å²) in [4.78, 5) is 1.83. The molecule has 0 aliphatic carbocycles. The van der Waals surface area contributed by atoms with Gasteiger partial charge < -0.3 is 8.83 Å². The van der Waals surface area contributed by atoms with E-state index in [0.717, 1.165) is 34.8 Å². The zero-order valence-corrected chi connectivity index (χ0v) is 16.4. The van der Waals surface area contributed by atoms with Crippen LogP contribution in [0.2, 0.25) is 0 Å². The molecule has 0 aliphatic heterocycles. The number of halogens is 1. The van der Waals surface area contributed by atoms with Crippen LogP contribution >= 0.6 is 38.6 Å². The van der Waals surface area contributed by atoms with Crippen molar-refractivity contribution in [2.45, 2.75) is 0 Å². The first-order chi connectivity index (χ1) is 12.5. The molecule has 0 saturated heterocycles. The largest absolute Gasteiger partial charge is 0.464 e. The van der Waals surface area contributed by atoms with Crippen LogP contribution in [0.3, 0.4) is 0 Å². The van der Waals surface area contributed by atoms with E-state index in [1.165, 1.54) is 0 Å². The summed E-state index contributed by atoms with van der Waals surface area (Å²) in [7, 11) is 18.9. The standard InChI is InChI=1S/C18H6B3BrO2S2/c19-9-5-8(18-14(21)16-12(26-18)2-4-24-16)10(22)6-7(9)17-13(20)15-11(25-17)1-3-23-15/h1-6H. The highest BCUT2D eigenvalue weighted by Crippen LogP contribution is 2.38. The number of benzene rings is 1. The Balaban J connectivity index is 1.70. The van der Waals surface area contributed by atoms with Gasteiger partial charge in [-0.3, -0.25) is 0 Å². The third-order valence-electron chi connectivity index (χ3n) is 4.29. The number of rotatable bonds is 2. The van der Waals surface area contributed by atoms with E-state index >= 15 is 0 Å². The van der Waals surface area contributed by atoms with Crippen LogP contribution in [0, 0.1) is 0 Å². The van der Waals surface area contributed by atoms with Gasteiger partial charge in [0.05, 0.1) is 21.9 Å². The molecular weight excluding hydrogens is 425 g/mol. The van der Waals surface area contributed by atoms with E-state index in [4.69, 9.17) is 32.4 Å². The lowest BCUT2D eigenvalue weighted by Gasteiger charge is -2.12. The van der Waals surface area contributed by atoms with E-state index in [9.17, 15) is 0 Å². The molecule has 5 rings (SSSR count). The second kappa shape index (κ2) is 5.94. The fraction of sp³-hybridized carbons (Fsp3) is 0. The van der Waals surface area contributed by atoms with Crippen LogP contribution in [-0.2, 0) is 0 Å². The molecule has 4 aromatic heterocycles. The van der Waals surface area contributed by atoms with Crippen molar-refractivity contribution in [3.63, 3.8) is 0 Å². The number of hydrogen-bond donors (Lipinski definition) is 0. The molecule has 118 valence electrons. The predicted octanol–water partition coefficient (Wildman–Crippen LogP) is 3.78. The van der Waals surface area contributed by atoms with Crippen molar-refractivity contribution in [1.82, 2.24) is 0 Å². The molecule has 0 atom stereocenters. The van der Waals surface area contributed by atoms with Crippen LogP contribution in [-0.4, -0.2) is 23.5 Å². The number of fused-ring (bicyclic) bond motifs is 2. The maximum absolute atomic E-state index is 6.38. The van der Waals surface area contributed by atoms with E-state index in [1.807, 2.05) is 24.3 Å². The Kier molecular flexibility index (Phi) is 3.78. The Labute approximate surface area is 169 Å². The molecule has 2 nitrogen and oxygen atoms in total. The Hall–Kier alpha value is -1.63. The van der Waals surface area contributed by atoms with E-state index < -0.39 is 0 Å². The Morgan fingerprint density at radius 1 is 0.769 bits per heavy atom. The summed E-state index contributed by atoms with van der Waals surface area (Å²) in [6.07, 6.45) is 3.28. The first-order valence-corrected chi connectivity index (χ1v) is 10.1. The molecule has 0 saturated carbocycles. The number of furan rings is 2. The van der Waals surface area contributed by atoms with Crippen LogP contribution in [0.25, 0.3) is 41.4 Å². The highest BCUT2D eigenvalue weighted by molar-refractivity contribution is 9.10. The Bertz CT molecular complexity index is 1190. The third-order valence-corrected chi connectivity index (χ3v) is 7.32. The SMILES string of the molecule is [B]c1cc(-c2sc3ccoc3c2[B])c(Br)cc1-c1sc2ccoc2c1[B]. The minimum absolute atomic E-state index is 0.606. The minimum atomic E-state index is 0.606. The summed E-state index contributed by atoms with van der Waals surface area (Å²) >= 11 is 6.79. The van der Waals surface area contributed by atoms with Gasteiger partial charge in [-0.25, -0.2) is 0 Å². The van der Waals surface area contributed by atoms with Crippen LogP contribution in [0.15, 0.2) is 50.1 Å². The summed E-state index contributed by atoms with van der Waals surface area (Å²) in [5.41, 5.74) is 5.07. The van der Waals surface area contributed by atoms with Crippen molar-refractivity contribution in [3.05, 3.63) is 41.3 Å². The topological polar surface area (TPSA) is 26.3 Å². The molecule has 4 heterocycles. The van der Waals surface area contributed by atoms with Gasteiger partial charge in [0, 0.05) is 19.8 Å². The van der Waals surface area contributed by atoms with Gasteiger partial charge in [-0.2, -0.15) is 0 Å². The zero-order valence-electron chi connectivity index (χ0n) is 13.2. The van der Waals surface area contributed by atoms with E-state index in [-0.39, 0.29) is 0 Å². The average molecular weight is 431 g/mol. The first kappa shape index (κ1) is 16.5. The first-order valence-electron chi connectivity index (χ1n) is 7.65. The fourth-order valence-corrected chi connectivity index (χ4v) is 5.88. The predicted molar refractivity (Wildman–Crippen MR) is 116 cm³/mol. The Morgan fingerprint density at radius 3 is 1.85 bits per heavy atom. The molecule has 6 radical (unpaired) electrons. The van der Waals surface area contributed by atoms with Crippen molar-refractivity contribution in [2.24, 2.45) is 0 Å². The second-order valence-electron chi connectivity index (χ2n) is 5.84. The summed E-state index contributed by atoms with van der Waals surface area (Å²) in [5.74, 6) is 0. The maximum Gasteiger partial charge on any atom is 0.138 e. The van der Waals surface area contributed by atoms with Crippen LogP contribution in [0.4, 0.5) is 0 Å². The lowest BCUT2D eigenvalue weighted by atomic mass is 9.83. The summed E-state index contributed by atoms with van der Waals surface area (Å²) in [6.45, 7) is 0. The van der Waals surface area contributed by atoms with E-state index in [1.54, 1.807) is 35.2 Å². The van der Waals surface area contributed by atoms with Gasteiger partial charge in [-0.15, -0.1) is 22.7 Å². The van der Waals surface area contributed by atoms with Gasteiger partial charge in [-0.1, -0.05) is 27.5 Å². The normalized spacial score (nSPS) is 11.7. The van der Waals surface area contributed by atoms with Crippen LogP contribution in [0.5, 0.6) is 0 Å². The molecule has 26 heavy (non-hydrogen) atoms. The second-order valence-corrected chi connectivity index (χ2v) is 8.80. The van der Waals surface area contributed by atoms with Crippen molar-refractivity contribution >= 4 is 99.1 Å². The van der Waals surface area contributed by atoms with Crippen LogP contribution < -0.4 is 16.4 Å². The van der Waals surface area contributed by atoms with Crippen molar-refractivity contribution in [2.75, 3.05) is 0 Å². The third kappa shape index (κ3) is 2.32. The minimum Gasteiger partial charge on any atom is -0.464 e. The number of hydrogen-bond acceptors (Lipinski definition) is 4. The van der Waals surface area contributed by atoms with Gasteiger partial charge in [0.15, 0.2) is 0 Å². The maximum atomic E-state index is 6.38. The molecule has 0 aliphatic rings. The van der Waals surface area contributed by atoms with E-state index in [2.05, 4.69) is 15.9 Å². The summed E-state index contributed by atoms with van der Waals surface area (Å²) < 4.78 is 13.8. The average Bonchev–Trinajstić information content (AvgIpc) is 3.35. The summed E-state index contributed by atoms with van der Waals surface area (Å²) in [6, 6.07) is 7.71. The smallest absolute Gasteiger partial charge is 0.138 e. The van der Waals surface area contributed by atoms with Gasteiger partial charge in [0.1, 0.15) is 34.7 Å². The van der Waals surface area contributed by atoms with Gasteiger partial charge >= 0.3 is 0 Å². The molecule has 0 fully saturated rings. The quantitative estimate of drug-likeness (QED) is 0.398. The highest BCUT2D eigenvalue weighted by atomic mass is 79.9. The van der Waals surface area contributed by atoms with Gasteiger partial charge in [0.2, 0.25) is 0 Å². The summed E-state index contributed by atoms with van der Waals surface area (Å²) in [5, 5.41) is 0. The molecule has 0 unspecified atom stereocenters. The molecule has 0 N–H and O–H groups in total. The Morgan fingerprint density at radius 2 is 1.31 bits per heavy atom. The zero-order chi connectivity index (χ0) is 18.0. The lowest BCUT2D eigenvalue weighted by molar-refractivity contribution is 0.618. The van der Waals surface area contributed by atoms with Gasteiger partial charge in [0.25, 0.3) is 0 Å². The van der Waals surface area contributed by atoms with Crippen LogP contribution in [0.1, 0.15) is 0 Å². The van der Waals surface area contributed by atoms with Crippen molar-refractivity contribution in [3.8, 4) is 20.9 Å². The molecule has 5 aromatic rings. The van der Waals surface area contributed by atoms with Gasteiger partial charge in [-0.05, 0) is 34.7 Å². The van der Waals surface area contributed by atoms with Crippen molar-refractivity contribution < 1.29 is 8.83 Å².